The zero-order valence-corrected chi connectivity index (χ0v) is 22.7. The number of morpholine rings is 1. The summed E-state index contributed by atoms with van der Waals surface area (Å²) in [7, 11) is 1.16. The second-order valence-electron chi connectivity index (χ2n) is 9.48. The Morgan fingerprint density at radius 1 is 1.07 bits per heavy atom. The number of aromatic hydroxyl groups is 4. The summed E-state index contributed by atoms with van der Waals surface area (Å²) >= 11 is 0. The van der Waals surface area contributed by atoms with Crippen molar-refractivity contribution in [2.24, 2.45) is 0 Å². The molecule has 3 rings (SSSR count). The van der Waals surface area contributed by atoms with Crippen molar-refractivity contribution in [1.82, 2.24) is 15.1 Å². The second-order valence-corrected chi connectivity index (χ2v) is 9.48. The van der Waals surface area contributed by atoms with Gasteiger partial charge in [0.1, 0.15) is 12.9 Å². The number of nitrogens with one attached hydrogen (secondary N) is 1. The maximum absolute atomic E-state index is 13.2. The van der Waals surface area contributed by atoms with E-state index in [1.165, 1.54) is 0 Å². The van der Waals surface area contributed by atoms with E-state index >= 15 is 0 Å². The average Bonchev–Trinajstić information content (AvgIpc) is 3.33. The number of hydrogen-bond acceptors (Lipinski definition) is 14. The van der Waals surface area contributed by atoms with Gasteiger partial charge in [0.2, 0.25) is 5.72 Å². The number of likely N-dealkylation sites (tertiary alicyclic amines) is 1. The van der Waals surface area contributed by atoms with Crippen LogP contribution in [0.4, 0.5) is 0 Å². The van der Waals surface area contributed by atoms with Crippen LogP contribution in [0.15, 0.2) is 35.2 Å². The van der Waals surface area contributed by atoms with E-state index < -0.39 is 94.3 Å². The van der Waals surface area contributed by atoms with E-state index in [2.05, 4.69) is 11.9 Å². The Morgan fingerprint density at radius 3 is 2.17 bits per heavy atom. The number of aliphatic hydroxyl groups excluding tert-OH is 3. The van der Waals surface area contributed by atoms with Crippen LogP contribution in [0, 0.1) is 0 Å². The van der Waals surface area contributed by atoms with E-state index in [0.717, 1.165) is 7.05 Å². The molecule has 0 aromatic heterocycles. The number of nitrogens with zero attached hydrogens (tertiary/aromatic N) is 2. The number of benzene rings is 1. The van der Waals surface area contributed by atoms with Crippen LogP contribution in [0.2, 0.25) is 0 Å². The van der Waals surface area contributed by atoms with Crippen molar-refractivity contribution in [2.75, 3.05) is 39.9 Å². The van der Waals surface area contributed by atoms with Crippen molar-refractivity contribution in [3.8, 4) is 23.0 Å². The molecule has 230 valence electrons. The molecule has 2 saturated heterocycles. The highest BCUT2D eigenvalue weighted by molar-refractivity contribution is 6.05. The Hall–Kier alpha value is -4.67. The second kappa shape index (κ2) is 12.9. The fourth-order valence-electron chi connectivity index (χ4n) is 4.56. The fraction of sp³-hybridized carbons (Fsp3) is 0.423. The number of carbonyl (C=O) groups is 3. The number of likely N-dealkylation sites (N-methyl/N-ethyl adjacent to an activating group) is 1. The monoisotopic (exact) mass is 595 g/mol. The lowest BCUT2D eigenvalue weighted by Gasteiger charge is -2.34. The van der Waals surface area contributed by atoms with Gasteiger partial charge in [-0.05, 0) is 0 Å². The first-order valence-corrected chi connectivity index (χ1v) is 12.6. The lowest BCUT2D eigenvalue weighted by Crippen LogP contribution is -2.59. The number of phenolic OH excluding ortho intramolecular Hbond substituents is 4. The van der Waals surface area contributed by atoms with E-state index in [1.54, 1.807) is 4.90 Å². The Labute approximate surface area is 239 Å². The molecule has 2 aliphatic rings. The van der Waals surface area contributed by atoms with E-state index in [1.807, 2.05) is 0 Å². The number of hydrogen-bond donors (Lipinski definition) is 9. The summed E-state index contributed by atoms with van der Waals surface area (Å²) in [5, 5.41) is 86.3. The average molecular weight is 596 g/mol. The number of carbonyl (C=O) groups excluding carboxylic acids is 3. The van der Waals surface area contributed by atoms with Gasteiger partial charge in [-0.25, -0.2) is 0 Å². The molecule has 1 atom stereocenters. The molecular formula is C26H33N3O13. The van der Waals surface area contributed by atoms with Crippen LogP contribution in [0.1, 0.15) is 24.0 Å². The summed E-state index contributed by atoms with van der Waals surface area (Å²) in [5.41, 5.74) is -4.73. The van der Waals surface area contributed by atoms with Gasteiger partial charge < -0.3 is 60.4 Å². The molecule has 42 heavy (non-hydrogen) atoms. The Morgan fingerprint density at radius 2 is 1.64 bits per heavy atom. The SMILES string of the molecule is C=C(O)/C(O)=C1/C(=O)N(C(O)(CCC=O)C(=O)NC)C/C1=C(/O)OCc1c(O)c(O)c(CN2CCOCC2)c(O)c1O. The predicted molar refractivity (Wildman–Crippen MR) is 141 cm³/mol. The first-order valence-electron chi connectivity index (χ1n) is 12.6. The topological polar surface area (TPSA) is 250 Å². The fourth-order valence-corrected chi connectivity index (χ4v) is 4.56. The van der Waals surface area contributed by atoms with Gasteiger partial charge in [0.25, 0.3) is 17.8 Å². The molecule has 1 aromatic rings. The molecular weight excluding hydrogens is 562 g/mol. The van der Waals surface area contributed by atoms with Crippen LogP contribution in [0.3, 0.4) is 0 Å². The summed E-state index contributed by atoms with van der Waals surface area (Å²) in [5.74, 6) is -8.88. The van der Waals surface area contributed by atoms with Crippen LogP contribution >= 0.6 is 0 Å². The molecule has 2 fully saturated rings. The predicted octanol–water partition coefficient (Wildman–Crippen LogP) is -0.233. The lowest BCUT2D eigenvalue weighted by atomic mass is 10.0. The van der Waals surface area contributed by atoms with Crippen molar-refractivity contribution in [3.63, 3.8) is 0 Å². The largest absolute Gasteiger partial charge is 0.505 e. The summed E-state index contributed by atoms with van der Waals surface area (Å²) in [4.78, 5) is 39.0. The maximum atomic E-state index is 13.2. The molecule has 16 heteroatoms. The minimum Gasteiger partial charge on any atom is -0.505 e. The number of phenols is 4. The number of amides is 2. The molecule has 0 spiro atoms. The highest BCUT2D eigenvalue weighted by atomic mass is 16.6. The zero-order chi connectivity index (χ0) is 31.4. The van der Waals surface area contributed by atoms with Crippen LogP contribution in [0.5, 0.6) is 23.0 Å². The molecule has 9 N–H and O–H groups in total. The molecule has 16 nitrogen and oxygen atoms in total. The Kier molecular flexibility index (Phi) is 9.77. The molecule has 2 heterocycles. The smallest absolute Gasteiger partial charge is 0.283 e. The van der Waals surface area contributed by atoms with Gasteiger partial charge in [-0.3, -0.25) is 19.4 Å². The van der Waals surface area contributed by atoms with E-state index in [9.17, 15) is 55.2 Å². The molecule has 2 amide bonds. The molecule has 0 radical (unpaired) electrons. The van der Waals surface area contributed by atoms with Gasteiger partial charge in [-0.2, -0.15) is 0 Å². The number of aliphatic hydroxyl groups is 4. The summed E-state index contributed by atoms with van der Waals surface area (Å²) in [6, 6.07) is 0. The lowest BCUT2D eigenvalue weighted by molar-refractivity contribution is -0.171. The van der Waals surface area contributed by atoms with Gasteiger partial charge in [-0.15, -0.1) is 0 Å². The number of aldehydes is 1. The van der Waals surface area contributed by atoms with Crippen LogP contribution in [0.25, 0.3) is 0 Å². The molecule has 1 unspecified atom stereocenters. The number of rotatable bonds is 11. The molecule has 0 bridgehead atoms. The van der Waals surface area contributed by atoms with E-state index in [-0.39, 0.29) is 18.5 Å². The van der Waals surface area contributed by atoms with Crippen molar-refractivity contribution in [2.45, 2.75) is 31.7 Å². The quantitative estimate of drug-likeness (QED) is 0.0527. The third-order valence-corrected chi connectivity index (χ3v) is 6.92. The Bertz CT molecular complexity index is 1300. The standard InChI is InChI=1S/C26H33N3O13/c1-13(31)18(32)17-14(11-29(23(17)37)26(40,4-3-7-30)25(39)27-2)24(38)42-12-16-21(35)19(33)15(20(34)22(16)36)10-28-5-8-41-9-6-28/h7,31-36,38,40H,1,3-6,8-12H2,2H3,(H,27,39)/b18-17-,24-14+. The zero-order valence-electron chi connectivity index (χ0n) is 22.7. The summed E-state index contributed by atoms with van der Waals surface area (Å²) < 4.78 is 10.4. The Balaban J connectivity index is 1.99. The normalized spacial score (nSPS) is 19.7. The van der Waals surface area contributed by atoms with Gasteiger partial charge in [0.05, 0.1) is 42.0 Å². The molecule has 1 aromatic carbocycles. The van der Waals surface area contributed by atoms with Crippen LogP contribution in [-0.4, -0.2) is 114 Å². The van der Waals surface area contributed by atoms with Crippen molar-refractivity contribution in [3.05, 3.63) is 46.3 Å². The molecule has 0 saturated carbocycles. The van der Waals surface area contributed by atoms with Crippen LogP contribution < -0.4 is 5.32 Å². The van der Waals surface area contributed by atoms with Crippen LogP contribution in [-0.2, 0) is 37.0 Å². The summed E-state index contributed by atoms with van der Waals surface area (Å²) in [6.07, 6.45) is -0.534. The third-order valence-electron chi connectivity index (χ3n) is 6.92. The van der Waals surface area contributed by atoms with E-state index in [0.29, 0.717) is 37.5 Å². The van der Waals surface area contributed by atoms with Crippen molar-refractivity contribution in [1.29, 1.82) is 0 Å². The van der Waals surface area contributed by atoms with Crippen molar-refractivity contribution < 1.29 is 64.7 Å². The minimum absolute atomic E-state index is 0.0344. The van der Waals surface area contributed by atoms with Gasteiger partial charge in [-0.1, -0.05) is 6.58 Å². The first kappa shape index (κ1) is 31.9. The van der Waals surface area contributed by atoms with Gasteiger partial charge in [0.15, 0.2) is 34.5 Å². The minimum atomic E-state index is -2.64. The maximum Gasteiger partial charge on any atom is 0.283 e. The summed E-state index contributed by atoms with van der Waals surface area (Å²) in [6.45, 7) is 3.15. The third kappa shape index (κ3) is 6.00. The van der Waals surface area contributed by atoms with E-state index in [4.69, 9.17) is 9.47 Å². The first-order chi connectivity index (χ1) is 19.8. The number of ether oxygens (including phenoxy) is 2. The van der Waals surface area contributed by atoms with Crippen molar-refractivity contribution >= 4 is 18.1 Å². The van der Waals surface area contributed by atoms with Gasteiger partial charge >= 0.3 is 0 Å². The van der Waals surface area contributed by atoms with Gasteiger partial charge in [0, 0.05) is 39.5 Å². The highest BCUT2D eigenvalue weighted by Crippen LogP contribution is 2.47. The molecule has 0 aliphatic carbocycles. The molecule has 2 aliphatic heterocycles. The highest BCUT2D eigenvalue weighted by Gasteiger charge is 2.51.